The monoisotopic (exact) mass is 408 g/mol. The average molecular weight is 408 g/mol. The lowest BCUT2D eigenvalue weighted by atomic mass is 10.0. The maximum absolute atomic E-state index is 13.2. The molecule has 0 unspecified atom stereocenters. The van der Waals surface area contributed by atoms with Crippen LogP contribution in [-0.4, -0.2) is 30.4 Å². The number of esters is 1. The molecule has 0 aliphatic carbocycles. The van der Waals surface area contributed by atoms with Crippen molar-refractivity contribution in [3.63, 3.8) is 0 Å². The van der Waals surface area contributed by atoms with E-state index in [0.29, 0.717) is 0 Å². The minimum Gasteiger partial charge on any atom is -0.451 e. The number of ether oxygens (including phenoxy) is 1. The van der Waals surface area contributed by atoms with E-state index in [1.54, 1.807) is 0 Å². The summed E-state index contributed by atoms with van der Waals surface area (Å²) in [5.74, 6) is -2.18. The van der Waals surface area contributed by atoms with E-state index in [4.69, 9.17) is 4.74 Å². The molecule has 2 N–H and O–H groups in total. The van der Waals surface area contributed by atoms with Gasteiger partial charge in [-0.15, -0.1) is 0 Å². The smallest absolute Gasteiger partial charge is 0.326 e. The normalized spacial score (nSPS) is 11.5. The largest absolute Gasteiger partial charge is 0.451 e. The zero-order chi connectivity index (χ0) is 21.5. The average Bonchev–Trinajstić information content (AvgIpc) is 2.72. The molecule has 30 heavy (non-hydrogen) atoms. The minimum absolute atomic E-state index is 0.115. The molecule has 7 heteroatoms. The summed E-state index contributed by atoms with van der Waals surface area (Å²) < 4.78 is 18.2. The Kier molecular flexibility index (Phi) is 6.75. The standard InChI is InChI=1S/C23H21FN2O4/c1-15(23(29)26-19-10-5-9-18(24)13-19)30-22(28)14-25-21(27)12-17-8-4-7-16-6-2-3-11-20(16)17/h2-11,13,15H,12,14H2,1H3,(H,25,27)(H,26,29)/t15-/m1/s1. The lowest BCUT2D eigenvalue weighted by Gasteiger charge is -2.14. The van der Waals surface area contributed by atoms with Crippen molar-refractivity contribution in [1.29, 1.82) is 0 Å². The molecule has 0 aromatic heterocycles. The van der Waals surface area contributed by atoms with Crippen LogP contribution in [0, 0.1) is 5.82 Å². The van der Waals surface area contributed by atoms with Crippen molar-refractivity contribution in [3.05, 3.63) is 78.1 Å². The first-order valence-electron chi connectivity index (χ1n) is 9.41. The lowest BCUT2D eigenvalue weighted by molar-refractivity contribution is -0.152. The molecule has 0 spiro atoms. The second kappa shape index (κ2) is 9.65. The molecule has 154 valence electrons. The van der Waals surface area contributed by atoms with Crippen molar-refractivity contribution in [2.24, 2.45) is 0 Å². The van der Waals surface area contributed by atoms with E-state index < -0.39 is 23.8 Å². The summed E-state index contributed by atoms with van der Waals surface area (Å²) in [6.45, 7) is 1.03. The van der Waals surface area contributed by atoms with Crippen molar-refractivity contribution in [2.75, 3.05) is 11.9 Å². The Bertz CT molecular complexity index is 1080. The molecular formula is C23H21FN2O4. The van der Waals surface area contributed by atoms with Crippen molar-refractivity contribution >= 4 is 34.2 Å². The number of fused-ring (bicyclic) bond motifs is 1. The Labute approximate surface area is 173 Å². The highest BCUT2D eigenvalue weighted by Gasteiger charge is 2.18. The second-order valence-corrected chi connectivity index (χ2v) is 6.72. The molecule has 3 rings (SSSR count). The number of amides is 2. The van der Waals surface area contributed by atoms with Gasteiger partial charge in [-0.1, -0.05) is 48.5 Å². The number of benzene rings is 3. The fourth-order valence-corrected chi connectivity index (χ4v) is 2.96. The molecule has 0 bridgehead atoms. The van der Waals surface area contributed by atoms with Gasteiger partial charge in [-0.25, -0.2) is 4.39 Å². The summed E-state index contributed by atoms with van der Waals surface area (Å²) in [4.78, 5) is 36.2. The van der Waals surface area contributed by atoms with Crippen LogP contribution < -0.4 is 10.6 Å². The third-order valence-electron chi connectivity index (χ3n) is 4.43. The van der Waals surface area contributed by atoms with Gasteiger partial charge in [0, 0.05) is 5.69 Å². The van der Waals surface area contributed by atoms with Gasteiger partial charge < -0.3 is 15.4 Å². The Hall–Kier alpha value is -3.74. The number of rotatable bonds is 7. The van der Waals surface area contributed by atoms with Crippen molar-refractivity contribution in [2.45, 2.75) is 19.4 Å². The molecule has 1 atom stereocenters. The molecule has 3 aromatic carbocycles. The topological polar surface area (TPSA) is 84.5 Å². The molecule has 0 heterocycles. The van der Waals surface area contributed by atoms with Crippen LogP contribution in [0.15, 0.2) is 66.7 Å². The Morgan fingerprint density at radius 1 is 1.00 bits per heavy atom. The van der Waals surface area contributed by atoms with Crippen molar-refractivity contribution in [3.8, 4) is 0 Å². The van der Waals surface area contributed by atoms with Crippen LogP contribution in [0.4, 0.5) is 10.1 Å². The second-order valence-electron chi connectivity index (χ2n) is 6.72. The fraction of sp³-hybridized carbons (Fsp3) is 0.174. The SMILES string of the molecule is C[C@@H](OC(=O)CNC(=O)Cc1cccc2ccccc12)C(=O)Nc1cccc(F)c1. The van der Waals surface area contributed by atoms with Gasteiger partial charge in [-0.2, -0.15) is 0 Å². The highest BCUT2D eigenvalue weighted by atomic mass is 19.1. The molecule has 2 amide bonds. The van der Waals surface area contributed by atoms with E-state index in [-0.39, 0.29) is 24.6 Å². The summed E-state index contributed by atoms with van der Waals surface area (Å²) in [7, 11) is 0. The maximum atomic E-state index is 13.2. The maximum Gasteiger partial charge on any atom is 0.326 e. The van der Waals surface area contributed by atoms with E-state index in [1.165, 1.54) is 25.1 Å². The van der Waals surface area contributed by atoms with Gasteiger partial charge in [-0.3, -0.25) is 14.4 Å². The van der Waals surface area contributed by atoms with Gasteiger partial charge in [0.25, 0.3) is 5.91 Å². The van der Waals surface area contributed by atoms with Crippen LogP contribution in [0.3, 0.4) is 0 Å². The highest BCUT2D eigenvalue weighted by molar-refractivity contribution is 5.95. The molecule has 0 radical (unpaired) electrons. The minimum atomic E-state index is -1.10. The number of carbonyl (C=O) groups is 3. The van der Waals surface area contributed by atoms with Crippen LogP contribution in [0.2, 0.25) is 0 Å². The van der Waals surface area contributed by atoms with E-state index in [9.17, 15) is 18.8 Å². The first-order chi connectivity index (χ1) is 14.4. The number of halogens is 1. The molecule has 0 fully saturated rings. The molecule has 0 saturated carbocycles. The van der Waals surface area contributed by atoms with Gasteiger partial charge in [0.15, 0.2) is 6.10 Å². The van der Waals surface area contributed by atoms with Crippen LogP contribution >= 0.6 is 0 Å². The number of anilines is 1. The molecule has 0 saturated heterocycles. The van der Waals surface area contributed by atoms with Crippen LogP contribution in [0.25, 0.3) is 10.8 Å². The molecular weight excluding hydrogens is 387 g/mol. The molecule has 6 nitrogen and oxygen atoms in total. The molecule has 3 aromatic rings. The van der Waals surface area contributed by atoms with E-state index >= 15 is 0 Å². The summed E-state index contributed by atoms with van der Waals surface area (Å²) in [6.07, 6.45) is -0.986. The quantitative estimate of drug-likeness (QED) is 0.588. The zero-order valence-corrected chi connectivity index (χ0v) is 16.4. The third kappa shape index (κ3) is 5.64. The Balaban J connectivity index is 1.47. The number of hydrogen-bond acceptors (Lipinski definition) is 4. The van der Waals surface area contributed by atoms with Gasteiger partial charge in [0.2, 0.25) is 5.91 Å². The third-order valence-corrected chi connectivity index (χ3v) is 4.43. The zero-order valence-electron chi connectivity index (χ0n) is 16.4. The number of carbonyl (C=O) groups excluding carboxylic acids is 3. The summed E-state index contributed by atoms with van der Waals surface area (Å²) in [5.41, 5.74) is 1.10. The Morgan fingerprint density at radius 2 is 1.73 bits per heavy atom. The fourth-order valence-electron chi connectivity index (χ4n) is 2.96. The predicted octanol–water partition coefficient (Wildman–Crippen LogP) is 3.21. The first-order valence-corrected chi connectivity index (χ1v) is 9.41. The Morgan fingerprint density at radius 3 is 2.53 bits per heavy atom. The van der Waals surface area contributed by atoms with E-state index in [2.05, 4.69) is 10.6 Å². The summed E-state index contributed by atoms with van der Waals surface area (Å²) in [6, 6.07) is 18.8. The number of hydrogen-bond donors (Lipinski definition) is 2. The van der Waals surface area contributed by atoms with Gasteiger partial charge >= 0.3 is 5.97 Å². The summed E-state index contributed by atoms with van der Waals surface area (Å²) in [5, 5.41) is 6.96. The van der Waals surface area contributed by atoms with Crippen LogP contribution in [-0.2, 0) is 25.5 Å². The molecule has 0 aliphatic heterocycles. The van der Waals surface area contributed by atoms with Crippen LogP contribution in [0.5, 0.6) is 0 Å². The molecule has 0 aliphatic rings. The van der Waals surface area contributed by atoms with Crippen molar-refractivity contribution < 1.29 is 23.5 Å². The lowest BCUT2D eigenvalue weighted by Crippen LogP contribution is -2.36. The number of nitrogens with one attached hydrogen (secondary N) is 2. The summed E-state index contributed by atoms with van der Waals surface area (Å²) >= 11 is 0. The van der Waals surface area contributed by atoms with Gasteiger partial charge in [0.05, 0.1) is 6.42 Å². The van der Waals surface area contributed by atoms with E-state index in [0.717, 1.165) is 22.4 Å². The van der Waals surface area contributed by atoms with Gasteiger partial charge in [0.1, 0.15) is 12.4 Å². The predicted molar refractivity (Wildman–Crippen MR) is 111 cm³/mol. The first kappa shape index (κ1) is 21.0. The highest BCUT2D eigenvalue weighted by Crippen LogP contribution is 2.18. The van der Waals surface area contributed by atoms with Crippen LogP contribution in [0.1, 0.15) is 12.5 Å². The van der Waals surface area contributed by atoms with Gasteiger partial charge in [-0.05, 0) is 41.5 Å². The van der Waals surface area contributed by atoms with E-state index in [1.807, 2.05) is 42.5 Å². The van der Waals surface area contributed by atoms with Crippen molar-refractivity contribution in [1.82, 2.24) is 5.32 Å².